The average molecular weight is 265 g/mol. The lowest BCUT2D eigenvalue weighted by atomic mass is 10.2. The van der Waals surface area contributed by atoms with Gasteiger partial charge in [0.25, 0.3) is 0 Å². The maximum absolute atomic E-state index is 6.12. The molecule has 0 spiro atoms. The van der Waals surface area contributed by atoms with Crippen molar-refractivity contribution in [2.24, 2.45) is 0 Å². The number of hydrogen-bond acceptors (Lipinski definition) is 2. The highest BCUT2D eigenvalue weighted by Gasteiger charge is 2.36. The molecule has 0 saturated heterocycles. The second kappa shape index (κ2) is 5.89. The third-order valence-electron chi connectivity index (χ3n) is 3.72. The zero-order valence-electron chi connectivity index (χ0n) is 12.6. The van der Waals surface area contributed by atoms with E-state index in [1.165, 1.54) is 11.3 Å². The van der Waals surface area contributed by atoms with E-state index in [2.05, 4.69) is 70.4 Å². The predicted molar refractivity (Wildman–Crippen MR) is 82.8 cm³/mol. The van der Waals surface area contributed by atoms with Crippen LogP contribution in [0.15, 0.2) is 24.3 Å². The Morgan fingerprint density at radius 2 is 1.89 bits per heavy atom. The summed E-state index contributed by atoms with van der Waals surface area (Å²) in [5.41, 5.74) is 2.46. The van der Waals surface area contributed by atoms with Crippen molar-refractivity contribution in [2.75, 3.05) is 18.5 Å². The van der Waals surface area contributed by atoms with Gasteiger partial charge in [0.15, 0.2) is 8.32 Å². The highest BCUT2D eigenvalue weighted by molar-refractivity contribution is 6.74. The van der Waals surface area contributed by atoms with Crippen molar-refractivity contribution in [3.8, 4) is 0 Å². The third-order valence-corrected chi connectivity index (χ3v) is 8.26. The molecule has 3 heteroatoms. The quantitative estimate of drug-likeness (QED) is 0.628. The van der Waals surface area contributed by atoms with Gasteiger partial charge in [0.1, 0.15) is 0 Å². The lowest BCUT2D eigenvalue weighted by Gasteiger charge is -2.36. The van der Waals surface area contributed by atoms with Crippen molar-refractivity contribution >= 4 is 14.0 Å². The molecule has 0 aliphatic heterocycles. The fourth-order valence-corrected chi connectivity index (χ4v) is 2.52. The summed E-state index contributed by atoms with van der Waals surface area (Å²) < 4.78 is 6.12. The highest BCUT2D eigenvalue weighted by Crippen LogP contribution is 2.36. The molecular formula is C15H27NOSi. The molecule has 0 bridgehead atoms. The number of anilines is 1. The summed E-state index contributed by atoms with van der Waals surface area (Å²) in [7, 11) is -1.59. The van der Waals surface area contributed by atoms with Crippen molar-refractivity contribution < 1.29 is 4.43 Å². The SMILES string of the molecule is Cc1cccc(NCCO[Si](C)(C)C(C)(C)C)c1. The number of rotatable bonds is 5. The molecule has 0 aromatic heterocycles. The molecule has 0 unspecified atom stereocenters. The first-order valence-corrected chi connectivity index (χ1v) is 9.58. The van der Waals surface area contributed by atoms with E-state index >= 15 is 0 Å². The smallest absolute Gasteiger partial charge is 0.192 e. The van der Waals surface area contributed by atoms with Crippen molar-refractivity contribution in [1.29, 1.82) is 0 Å². The summed E-state index contributed by atoms with van der Waals surface area (Å²) in [5.74, 6) is 0. The molecule has 0 amide bonds. The summed E-state index contributed by atoms with van der Waals surface area (Å²) in [4.78, 5) is 0. The Kier molecular flexibility index (Phi) is 4.99. The first-order chi connectivity index (χ1) is 8.22. The molecule has 0 aliphatic rings. The van der Waals surface area contributed by atoms with E-state index in [-0.39, 0.29) is 5.04 Å². The van der Waals surface area contributed by atoms with Crippen molar-refractivity contribution in [2.45, 2.75) is 45.8 Å². The Morgan fingerprint density at radius 3 is 2.44 bits per heavy atom. The van der Waals surface area contributed by atoms with Gasteiger partial charge < -0.3 is 9.74 Å². The van der Waals surface area contributed by atoms with E-state index < -0.39 is 8.32 Å². The molecule has 102 valence electrons. The van der Waals surface area contributed by atoms with E-state index in [0.29, 0.717) is 0 Å². The van der Waals surface area contributed by atoms with E-state index in [1.54, 1.807) is 0 Å². The minimum absolute atomic E-state index is 0.288. The monoisotopic (exact) mass is 265 g/mol. The summed E-state index contributed by atoms with van der Waals surface area (Å²) >= 11 is 0. The van der Waals surface area contributed by atoms with Gasteiger partial charge in [-0.15, -0.1) is 0 Å². The highest BCUT2D eigenvalue weighted by atomic mass is 28.4. The van der Waals surface area contributed by atoms with Crippen LogP contribution < -0.4 is 5.32 Å². The van der Waals surface area contributed by atoms with Crippen LogP contribution in [0.4, 0.5) is 5.69 Å². The standard InChI is InChI=1S/C15H27NOSi/c1-13-8-7-9-14(12-13)16-10-11-17-18(5,6)15(2,3)4/h7-9,12,16H,10-11H2,1-6H3. The van der Waals surface area contributed by atoms with Crippen molar-refractivity contribution in [3.05, 3.63) is 29.8 Å². The molecule has 0 saturated carbocycles. The van der Waals surface area contributed by atoms with Crippen LogP contribution in [0.2, 0.25) is 18.1 Å². The molecule has 2 nitrogen and oxygen atoms in total. The molecular weight excluding hydrogens is 238 g/mol. The number of nitrogens with one attached hydrogen (secondary N) is 1. The second-order valence-electron chi connectivity index (χ2n) is 6.41. The van der Waals surface area contributed by atoms with Gasteiger partial charge in [0, 0.05) is 12.2 Å². The molecule has 18 heavy (non-hydrogen) atoms. The van der Waals surface area contributed by atoms with Gasteiger partial charge in [-0.25, -0.2) is 0 Å². The van der Waals surface area contributed by atoms with Crippen LogP contribution in [0.5, 0.6) is 0 Å². The van der Waals surface area contributed by atoms with Gasteiger partial charge in [-0.1, -0.05) is 32.9 Å². The lowest BCUT2D eigenvalue weighted by Crippen LogP contribution is -2.41. The van der Waals surface area contributed by atoms with Crippen LogP contribution in [0, 0.1) is 6.92 Å². The Labute approximate surface area is 113 Å². The summed E-state index contributed by atoms with van der Waals surface area (Å²) in [6.07, 6.45) is 0. The molecule has 1 rings (SSSR count). The maximum atomic E-state index is 6.12. The molecule has 1 N–H and O–H groups in total. The molecule has 0 atom stereocenters. The Bertz CT molecular complexity index is 382. The predicted octanol–water partition coefficient (Wildman–Crippen LogP) is 4.43. The zero-order valence-corrected chi connectivity index (χ0v) is 13.6. The number of benzene rings is 1. The van der Waals surface area contributed by atoms with Crippen LogP contribution in [0.1, 0.15) is 26.3 Å². The fraction of sp³-hybridized carbons (Fsp3) is 0.600. The third kappa shape index (κ3) is 4.46. The van der Waals surface area contributed by atoms with E-state index in [1.807, 2.05) is 0 Å². The van der Waals surface area contributed by atoms with Crippen LogP contribution in [0.25, 0.3) is 0 Å². The molecule has 0 radical (unpaired) electrons. The zero-order chi connectivity index (χ0) is 13.8. The molecule has 0 fully saturated rings. The fourth-order valence-electron chi connectivity index (χ4n) is 1.47. The Hall–Kier alpha value is -0.803. The van der Waals surface area contributed by atoms with Gasteiger partial charge >= 0.3 is 0 Å². The van der Waals surface area contributed by atoms with Crippen LogP contribution in [-0.4, -0.2) is 21.5 Å². The minimum Gasteiger partial charge on any atom is -0.415 e. The topological polar surface area (TPSA) is 21.3 Å². The first kappa shape index (κ1) is 15.3. The van der Waals surface area contributed by atoms with Gasteiger partial charge in [-0.3, -0.25) is 0 Å². The van der Waals surface area contributed by atoms with Gasteiger partial charge in [-0.05, 0) is 42.8 Å². The summed E-state index contributed by atoms with van der Waals surface area (Å²) in [5, 5.41) is 3.69. The Balaban J connectivity index is 2.35. The number of aryl methyl sites for hydroxylation is 1. The molecule has 1 aromatic carbocycles. The largest absolute Gasteiger partial charge is 0.415 e. The van der Waals surface area contributed by atoms with Crippen LogP contribution in [-0.2, 0) is 4.43 Å². The van der Waals surface area contributed by atoms with Gasteiger partial charge in [-0.2, -0.15) is 0 Å². The summed E-state index contributed by atoms with van der Waals surface area (Å²) in [6, 6.07) is 8.44. The van der Waals surface area contributed by atoms with Crippen LogP contribution >= 0.6 is 0 Å². The maximum Gasteiger partial charge on any atom is 0.192 e. The lowest BCUT2D eigenvalue weighted by molar-refractivity contribution is 0.301. The van der Waals surface area contributed by atoms with Gasteiger partial charge in [0.05, 0.1) is 6.61 Å². The summed E-state index contributed by atoms with van der Waals surface area (Å²) in [6.45, 7) is 15.2. The second-order valence-corrected chi connectivity index (χ2v) is 11.2. The average Bonchev–Trinajstić information content (AvgIpc) is 2.23. The van der Waals surface area contributed by atoms with Gasteiger partial charge in [0.2, 0.25) is 0 Å². The van der Waals surface area contributed by atoms with Crippen LogP contribution in [0.3, 0.4) is 0 Å². The van der Waals surface area contributed by atoms with Crippen molar-refractivity contribution in [3.63, 3.8) is 0 Å². The molecule has 0 aliphatic carbocycles. The van der Waals surface area contributed by atoms with E-state index in [0.717, 1.165) is 13.2 Å². The first-order valence-electron chi connectivity index (χ1n) is 6.67. The van der Waals surface area contributed by atoms with E-state index in [4.69, 9.17) is 4.43 Å². The molecule has 1 aromatic rings. The Morgan fingerprint density at radius 1 is 1.22 bits per heavy atom. The van der Waals surface area contributed by atoms with E-state index in [9.17, 15) is 0 Å². The normalized spacial score (nSPS) is 12.6. The number of hydrogen-bond donors (Lipinski definition) is 1. The minimum atomic E-state index is -1.59. The molecule has 0 heterocycles. The van der Waals surface area contributed by atoms with Crippen molar-refractivity contribution in [1.82, 2.24) is 0 Å².